The molecule has 1 aromatic rings. The molecule has 0 bridgehead atoms. The van der Waals surface area contributed by atoms with Crippen molar-refractivity contribution in [1.29, 1.82) is 0 Å². The highest BCUT2D eigenvalue weighted by Crippen LogP contribution is 2.54. The molecule has 2 atom stereocenters. The van der Waals surface area contributed by atoms with Gasteiger partial charge in [0, 0.05) is 18.2 Å². The first-order valence-electron chi connectivity index (χ1n) is 6.80. The van der Waals surface area contributed by atoms with E-state index < -0.39 is 0 Å². The summed E-state index contributed by atoms with van der Waals surface area (Å²) in [6.45, 7) is 0.831. The molecule has 0 saturated heterocycles. The molecule has 0 aromatic heterocycles. The Labute approximate surface area is 108 Å². The largest absolute Gasteiger partial charge is 0.326 e. The molecule has 1 aromatic carbocycles. The highest BCUT2D eigenvalue weighted by atomic mass is 16.1. The van der Waals surface area contributed by atoms with Crippen molar-refractivity contribution in [2.45, 2.75) is 25.8 Å². The quantitative estimate of drug-likeness (QED) is 0.854. The second kappa shape index (κ2) is 4.73. The van der Waals surface area contributed by atoms with E-state index in [-0.39, 0.29) is 11.8 Å². The minimum atomic E-state index is 0.212. The van der Waals surface area contributed by atoms with Crippen LogP contribution in [0.2, 0.25) is 0 Å². The lowest BCUT2D eigenvalue weighted by atomic mass is 10.0. The maximum atomic E-state index is 12.1. The van der Waals surface area contributed by atoms with Crippen LogP contribution in [0.15, 0.2) is 24.3 Å². The van der Waals surface area contributed by atoms with Crippen LogP contribution in [0, 0.1) is 17.8 Å². The van der Waals surface area contributed by atoms with Crippen molar-refractivity contribution in [2.24, 2.45) is 17.8 Å². The van der Waals surface area contributed by atoms with Gasteiger partial charge in [-0.2, -0.15) is 0 Å². The molecular weight excluding hydrogens is 224 g/mol. The van der Waals surface area contributed by atoms with E-state index in [4.69, 9.17) is 0 Å². The van der Waals surface area contributed by atoms with Crippen LogP contribution in [-0.4, -0.2) is 13.0 Å². The van der Waals surface area contributed by atoms with Crippen LogP contribution in [0.1, 0.15) is 24.8 Å². The smallest absolute Gasteiger partial charge is 0.227 e. The summed E-state index contributed by atoms with van der Waals surface area (Å²) in [5, 5.41) is 6.18. The molecule has 1 amide bonds. The van der Waals surface area contributed by atoms with Crippen LogP contribution in [0.25, 0.3) is 0 Å². The molecule has 2 N–H and O–H groups in total. The van der Waals surface area contributed by atoms with Crippen LogP contribution < -0.4 is 10.6 Å². The molecule has 96 valence electrons. The Kier molecular flexibility index (Phi) is 3.08. The fourth-order valence-corrected chi connectivity index (χ4v) is 3.14. The zero-order chi connectivity index (χ0) is 12.5. The number of rotatable bonds is 4. The van der Waals surface area contributed by atoms with Crippen LogP contribution in [0.4, 0.5) is 5.69 Å². The van der Waals surface area contributed by atoms with Crippen molar-refractivity contribution in [3.05, 3.63) is 29.8 Å². The van der Waals surface area contributed by atoms with Crippen molar-refractivity contribution in [1.82, 2.24) is 5.32 Å². The van der Waals surface area contributed by atoms with E-state index in [2.05, 4.69) is 16.7 Å². The number of nitrogens with one attached hydrogen (secondary N) is 2. The summed E-state index contributed by atoms with van der Waals surface area (Å²) in [6.07, 6.45) is 3.57. The van der Waals surface area contributed by atoms with Gasteiger partial charge in [0.25, 0.3) is 0 Å². The van der Waals surface area contributed by atoms with Crippen LogP contribution in [0.3, 0.4) is 0 Å². The minimum Gasteiger partial charge on any atom is -0.326 e. The molecule has 3 heteroatoms. The lowest BCUT2D eigenvalue weighted by Crippen LogP contribution is -2.21. The van der Waals surface area contributed by atoms with E-state index in [1.165, 1.54) is 12.0 Å². The average molecular weight is 244 g/mol. The Hall–Kier alpha value is -1.35. The number of anilines is 1. The molecule has 3 nitrogen and oxygen atoms in total. The number of carbonyl (C=O) groups excluding carboxylic acids is 1. The first-order valence-corrected chi connectivity index (χ1v) is 6.80. The standard InChI is InChI=1S/C15H20N2O/c1-16-9-10-3-2-4-14(5-10)17-15(18)13-7-11-6-12(11)8-13/h2-5,11-13,16H,6-9H2,1H3,(H,17,18). The third-order valence-electron chi connectivity index (χ3n) is 4.19. The number of hydrogen-bond donors (Lipinski definition) is 2. The normalized spacial score (nSPS) is 28.8. The van der Waals surface area contributed by atoms with Crippen molar-refractivity contribution >= 4 is 11.6 Å². The highest BCUT2D eigenvalue weighted by Gasteiger charge is 2.47. The Morgan fingerprint density at radius 2 is 2.06 bits per heavy atom. The predicted octanol–water partition coefficient (Wildman–Crippen LogP) is 2.39. The molecule has 3 rings (SSSR count). The topological polar surface area (TPSA) is 41.1 Å². The third kappa shape index (κ3) is 2.41. The monoisotopic (exact) mass is 244 g/mol. The summed E-state index contributed by atoms with van der Waals surface area (Å²) < 4.78 is 0. The molecule has 0 aliphatic heterocycles. The zero-order valence-corrected chi connectivity index (χ0v) is 10.8. The van der Waals surface area contributed by atoms with Gasteiger partial charge in [0.15, 0.2) is 0 Å². The number of fused-ring (bicyclic) bond motifs is 1. The average Bonchev–Trinajstić information content (AvgIpc) is 2.97. The molecule has 2 aliphatic carbocycles. The minimum absolute atomic E-state index is 0.212. The van der Waals surface area contributed by atoms with Crippen molar-refractivity contribution in [3.63, 3.8) is 0 Å². The molecule has 0 spiro atoms. The fourth-order valence-electron chi connectivity index (χ4n) is 3.14. The molecule has 2 fully saturated rings. The van der Waals surface area contributed by atoms with E-state index >= 15 is 0 Å². The van der Waals surface area contributed by atoms with Gasteiger partial charge in [-0.25, -0.2) is 0 Å². The summed E-state index contributed by atoms with van der Waals surface area (Å²) in [4.78, 5) is 12.1. The van der Waals surface area contributed by atoms with Crippen molar-refractivity contribution < 1.29 is 4.79 Å². The number of carbonyl (C=O) groups is 1. The molecule has 2 saturated carbocycles. The van der Waals surface area contributed by atoms with Gasteiger partial charge in [-0.3, -0.25) is 4.79 Å². The number of hydrogen-bond acceptors (Lipinski definition) is 2. The summed E-state index contributed by atoms with van der Waals surface area (Å²) in [5.41, 5.74) is 2.12. The van der Waals surface area contributed by atoms with Crippen molar-refractivity contribution in [2.75, 3.05) is 12.4 Å². The summed E-state index contributed by atoms with van der Waals surface area (Å²) in [6, 6.07) is 8.07. The van der Waals surface area contributed by atoms with Crippen LogP contribution in [0.5, 0.6) is 0 Å². The number of benzene rings is 1. The van der Waals surface area contributed by atoms with Gasteiger partial charge in [0.05, 0.1) is 0 Å². The summed E-state index contributed by atoms with van der Waals surface area (Å²) in [5.74, 6) is 2.18. The van der Waals surface area contributed by atoms with E-state index in [0.29, 0.717) is 0 Å². The molecular formula is C15H20N2O. The lowest BCUT2D eigenvalue weighted by molar-refractivity contribution is -0.120. The van der Waals surface area contributed by atoms with E-state index in [9.17, 15) is 4.79 Å². The van der Waals surface area contributed by atoms with Crippen molar-refractivity contribution in [3.8, 4) is 0 Å². The van der Waals surface area contributed by atoms with E-state index in [1.54, 1.807) is 0 Å². The Morgan fingerprint density at radius 3 is 2.78 bits per heavy atom. The second-order valence-corrected chi connectivity index (χ2v) is 5.64. The Morgan fingerprint density at radius 1 is 1.28 bits per heavy atom. The predicted molar refractivity (Wildman–Crippen MR) is 72.2 cm³/mol. The first kappa shape index (κ1) is 11.7. The van der Waals surface area contributed by atoms with Gasteiger partial charge in [-0.05, 0) is 55.8 Å². The number of amides is 1. The molecule has 0 radical (unpaired) electrons. The van der Waals surface area contributed by atoms with E-state index in [0.717, 1.165) is 36.9 Å². The van der Waals surface area contributed by atoms with Gasteiger partial charge >= 0.3 is 0 Å². The van der Waals surface area contributed by atoms with Gasteiger partial charge in [-0.15, -0.1) is 0 Å². The molecule has 2 aliphatic rings. The van der Waals surface area contributed by atoms with E-state index in [1.807, 2.05) is 25.2 Å². The Bertz CT molecular complexity index is 448. The lowest BCUT2D eigenvalue weighted by Gasteiger charge is -2.13. The summed E-state index contributed by atoms with van der Waals surface area (Å²) >= 11 is 0. The van der Waals surface area contributed by atoms with Crippen LogP contribution in [-0.2, 0) is 11.3 Å². The fraction of sp³-hybridized carbons (Fsp3) is 0.533. The van der Waals surface area contributed by atoms with Gasteiger partial charge in [0.1, 0.15) is 0 Å². The Balaban J connectivity index is 1.61. The highest BCUT2D eigenvalue weighted by molar-refractivity contribution is 5.92. The molecule has 2 unspecified atom stereocenters. The van der Waals surface area contributed by atoms with Crippen LogP contribution >= 0.6 is 0 Å². The SMILES string of the molecule is CNCc1cccc(NC(=O)C2CC3CC3C2)c1. The van der Waals surface area contributed by atoms with Gasteiger partial charge in [-0.1, -0.05) is 12.1 Å². The third-order valence-corrected chi connectivity index (χ3v) is 4.19. The zero-order valence-electron chi connectivity index (χ0n) is 10.8. The second-order valence-electron chi connectivity index (χ2n) is 5.64. The van der Waals surface area contributed by atoms with Gasteiger partial charge < -0.3 is 10.6 Å². The van der Waals surface area contributed by atoms with Gasteiger partial charge in [0.2, 0.25) is 5.91 Å². The molecule has 0 heterocycles. The maximum absolute atomic E-state index is 12.1. The maximum Gasteiger partial charge on any atom is 0.227 e. The molecule has 18 heavy (non-hydrogen) atoms. The summed E-state index contributed by atoms with van der Waals surface area (Å²) in [7, 11) is 1.93. The first-order chi connectivity index (χ1) is 8.76.